The maximum atomic E-state index is 10.7. The summed E-state index contributed by atoms with van der Waals surface area (Å²) in [5, 5.41) is 4.35. The van der Waals surface area contributed by atoms with Crippen molar-refractivity contribution in [2.75, 3.05) is 13.1 Å². The highest BCUT2D eigenvalue weighted by atomic mass is 16.5. The molecule has 1 saturated heterocycles. The fourth-order valence-corrected chi connectivity index (χ4v) is 5.08. The number of hydrogen-bond acceptors (Lipinski definition) is 4. The molecule has 1 aromatic carbocycles. The molecule has 2 atom stereocenters. The van der Waals surface area contributed by atoms with E-state index in [0.29, 0.717) is 18.2 Å². The second kappa shape index (κ2) is 6.62. The van der Waals surface area contributed by atoms with Gasteiger partial charge in [-0.15, -0.1) is 0 Å². The van der Waals surface area contributed by atoms with E-state index in [1.165, 1.54) is 37.9 Å². The molecule has 2 saturated carbocycles. The Morgan fingerprint density at radius 1 is 1.33 bits per heavy atom. The van der Waals surface area contributed by atoms with Gasteiger partial charge in [-0.2, -0.15) is 5.10 Å². The predicted octanol–water partition coefficient (Wildman–Crippen LogP) is 3.11. The molecule has 27 heavy (non-hydrogen) atoms. The molecule has 1 amide bonds. The lowest BCUT2D eigenvalue weighted by atomic mass is 9.83. The Balaban J connectivity index is 1.32. The molecule has 2 aliphatic carbocycles. The summed E-state index contributed by atoms with van der Waals surface area (Å²) < 4.78 is 6.49. The number of carbonyl (C=O) groups is 1. The van der Waals surface area contributed by atoms with Crippen molar-refractivity contribution in [3.63, 3.8) is 0 Å². The zero-order valence-electron chi connectivity index (χ0n) is 16.1. The van der Waals surface area contributed by atoms with Crippen LogP contribution >= 0.6 is 0 Å². The maximum Gasteiger partial charge on any atom is 0.227 e. The second-order valence-electron chi connectivity index (χ2n) is 8.97. The van der Waals surface area contributed by atoms with E-state index >= 15 is 0 Å². The molecule has 2 unspecified atom stereocenters. The van der Waals surface area contributed by atoms with Crippen LogP contribution in [0.4, 0.5) is 0 Å². The molecule has 5 heteroatoms. The van der Waals surface area contributed by atoms with Gasteiger partial charge in [0.25, 0.3) is 0 Å². The van der Waals surface area contributed by atoms with Crippen molar-refractivity contribution >= 4 is 12.1 Å². The Bertz CT molecular complexity index is 763. The number of amides is 1. The van der Waals surface area contributed by atoms with Crippen molar-refractivity contribution in [2.45, 2.75) is 63.5 Å². The number of hydrazone groups is 1. The molecule has 3 fully saturated rings. The first kappa shape index (κ1) is 17.2. The van der Waals surface area contributed by atoms with Crippen molar-refractivity contribution in [3.05, 3.63) is 29.3 Å². The predicted molar refractivity (Wildman–Crippen MR) is 105 cm³/mol. The summed E-state index contributed by atoms with van der Waals surface area (Å²) in [5.74, 6) is 2.14. The second-order valence-corrected chi connectivity index (χ2v) is 8.97. The minimum atomic E-state index is -0.00751. The number of likely N-dealkylation sites (tertiary alicyclic amines) is 1. The van der Waals surface area contributed by atoms with E-state index in [-0.39, 0.29) is 5.60 Å². The first-order valence-corrected chi connectivity index (χ1v) is 10.5. The Morgan fingerprint density at radius 3 is 2.74 bits per heavy atom. The van der Waals surface area contributed by atoms with Gasteiger partial charge in [-0.3, -0.25) is 4.79 Å². The minimum absolute atomic E-state index is 0.00751. The van der Waals surface area contributed by atoms with E-state index in [1.54, 1.807) is 0 Å². The molecule has 1 aromatic rings. The first-order chi connectivity index (χ1) is 13.2. The van der Waals surface area contributed by atoms with Crippen LogP contribution in [0.25, 0.3) is 0 Å². The molecule has 0 bridgehead atoms. The molecular formula is C22H29N3O2. The third-order valence-electron chi connectivity index (χ3n) is 7.19. The lowest BCUT2D eigenvalue weighted by Crippen LogP contribution is -2.52. The van der Waals surface area contributed by atoms with Gasteiger partial charge in [0.2, 0.25) is 6.41 Å². The Kier molecular flexibility index (Phi) is 4.23. The average molecular weight is 367 g/mol. The molecule has 5 rings (SSSR count). The lowest BCUT2D eigenvalue weighted by molar-refractivity contribution is -0.109. The van der Waals surface area contributed by atoms with Crippen molar-refractivity contribution in [1.82, 2.24) is 10.3 Å². The summed E-state index contributed by atoms with van der Waals surface area (Å²) in [6, 6.07) is 7.31. The van der Waals surface area contributed by atoms with Gasteiger partial charge in [0.1, 0.15) is 11.4 Å². The van der Waals surface area contributed by atoms with Crippen molar-refractivity contribution < 1.29 is 9.53 Å². The smallest absolute Gasteiger partial charge is 0.227 e. The topological polar surface area (TPSA) is 53.9 Å². The van der Waals surface area contributed by atoms with Gasteiger partial charge in [-0.1, -0.05) is 13.3 Å². The largest absolute Gasteiger partial charge is 0.487 e. The number of carbonyl (C=O) groups excluding carboxylic acids is 1. The van der Waals surface area contributed by atoms with Crippen LogP contribution in [0.3, 0.4) is 0 Å². The number of fused-ring (bicyclic) bond motifs is 1. The standard InChI is InChI=1S/C22H29N3O2/c1-15-11-19(15)21(24-23-14-26)16-5-6-20-17(12-16)13-22(27-20)7-9-25(10-8-22)18-3-2-4-18/h5-6,12,14-15,18-19H,2-4,7-11,13H2,1H3,(H,23,26)/b24-21-. The summed E-state index contributed by atoms with van der Waals surface area (Å²) in [6.07, 6.45) is 9.22. The van der Waals surface area contributed by atoms with Crippen LogP contribution in [0.1, 0.15) is 56.6 Å². The highest BCUT2D eigenvalue weighted by Crippen LogP contribution is 2.45. The van der Waals surface area contributed by atoms with Crippen LogP contribution in [0.2, 0.25) is 0 Å². The van der Waals surface area contributed by atoms with E-state index in [4.69, 9.17) is 4.74 Å². The van der Waals surface area contributed by atoms with Crippen LogP contribution in [0.15, 0.2) is 23.3 Å². The summed E-state index contributed by atoms with van der Waals surface area (Å²) in [4.78, 5) is 13.4. The monoisotopic (exact) mass is 367 g/mol. The highest BCUT2D eigenvalue weighted by molar-refractivity contribution is 6.04. The lowest BCUT2D eigenvalue weighted by Gasteiger charge is -2.45. The molecule has 2 heterocycles. The van der Waals surface area contributed by atoms with Crippen LogP contribution < -0.4 is 10.2 Å². The molecular weight excluding hydrogens is 338 g/mol. The van der Waals surface area contributed by atoms with Crippen molar-refractivity contribution in [1.29, 1.82) is 0 Å². The number of ether oxygens (including phenoxy) is 1. The summed E-state index contributed by atoms with van der Waals surface area (Å²) in [5.41, 5.74) is 5.95. The molecule has 5 nitrogen and oxygen atoms in total. The van der Waals surface area contributed by atoms with Crippen LogP contribution in [0.5, 0.6) is 5.75 Å². The van der Waals surface area contributed by atoms with Crippen molar-refractivity contribution in [2.24, 2.45) is 16.9 Å². The normalized spacial score (nSPS) is 29.7. The van der Waals surface area contributed by atoms with E-state index in [0.717, 1.165) is 48.7 Å². The van der Waals surface area contributed by atoms with Gasteiger partial charge >= 0.3 is 0 Å². The first-order valence-electron chi connectivity index (χ1n) is 10.5. The number of hydrogen-bond donors (Lipinski definition) is 1. The fraction of sp³-hybridized carbons (Fsp3) is 0.636. The van der Waals surface area contributed by atoms with Gasteiger partial charge in [0, 0.05) is 44.3 Å². The quantitative estimate of drug-likeness (QED) is 0.494. The summed E-state index contributed by atoms with van der Waals surface area (Å²) >= 11 is 0. The Labute approximate surface area is 161 Å². The molecule has 2 aliphatic heterocycles. The third-order valence-corrected chi connectivity index (χ3v) is 7.19. The number of piperidine rings is 1. The van der Waals surface area contributed by atoms with E-state index < -0.39 is 0 Å². The van der Waals surface area contributed by atoms with Crippen molar-refractivity contribution in [3.8, 4) is 5.75 Å². The van der Waals surface area contributed by atoms with Crippen LogP contribution in [-0.2, 0) is 11.2 Å². The average Bonchev–Trinajstić information content (AvgIpc) is 3.23. The van der Waals surface area contributed by atoms with Gasteiger partial charge in [-0.25, -0.2) is 5.43 Å². The highest BCUT2D eigenvalue weighted by Gasteiger charge is 2.44. The molecule has 0 radical (unpaired) electrons. The van der Waals surface area contributed by atoms with E-state index in [1.807, 2.05) is 0 Å². The number of rotatable bonds is 5. The molecule has 4 aliphatic rings. The Morgan fingerprint density at radius 2 is 2.11 bits per heavy atom. The molecule has 1 N–H and O–H groups in total. The summed E-state index contributed by atoms with van der Waals surface area (Å²) in [6.45, 7) is 4.57. The third kappa shape index (κ3) is 3.16. The number of nitrogens with zero attached hydrogens (tertiary/aromatic N) is 2. The molecule has 1 spiro atoms. The van der Waals surface area contributed by atoms with Crippen LogP contribution in [0, 0.1) is 11.8 Å². The van der Waals surface area contributed by atoms with Gasteiger partial charge in [0.15, 0.2) is 0 Å². The number of nitrogens with one attached hydrogen (secondary N) is 1. The molecule has 144 valence electrons. The number of benzene rings is 1. The van der Waals surface area contributed by atoms with Gasteiger partial charge in [-0.05, 0) is 54.5 Å². The zero-order valence-corrected chi connectivity index (χ0v) is 16.1. The van der Waals surface area contributed by atoms with Gasteiger partial charge < -0.3 is 9.64 Å². The Hall–Kier alpha value is -1.88. The van der Waals surface area contributed by atoms with Gasteiger partial charge in [0.05, 0.1) is 5.71 Å². The molecule has 0 aromatic heterocycles. The van der Waals surface area contributed by atoms with E-state index in [2.05, 4.69) is 40.5 Å². The maximum absolute atomic E-state index is 10.7. The fourth-order valence-electron chi connectivity index (χ4n) is 5.08. The zero-order chi connectivity index (χ0) is 18.4. The van der Waals surface area contributed by atoms with E-state index in [9.17, 15) is 4.79 Å². The summed E-state index contributed by atoms with van der Waals surface area (Å²) in [7, 11) is 0. The van der Waals surface area contributed by atoms with Crippen LogP contribution in [-0.4, -0.2) is 41.8 Å². The minimum Gasteiger partial charge on any atom is -0.487 e. The SMILES string of the molecule is CC1CC1/C(=N\NC=O)c1ccc2c(c1)CC1(CCN(C3CCC3)CC1)O2.